The zero-order chi connectivity index (χ0) is 20.2. The standard InChI is InChI=1S/C12H6BrCl3N2O3.C3H11N2.HI/c13-6-3-5(14)4-9(10(6)16)21-12-7(15)1-2-8(17)11(12)18(19)20;1-5(2,3)4;/h1-4H,17H2;4H2,1-3H3;1H/q;+1;/p-1. The van der Waals surface area contributed by atoms with Gasteiger partial charge in [0.05, 0.1) is 36.1 Å². The second kappa shape index (κ2) is 10.8. The molecule has 27 heavy (non-hydrogen) atoms. The van der Waals surface area contributed by atoms with Crippen molar-refractivity contribution in [3.05, 3.63) is 53.9 Å². The second-order valence-corrected chi connectivity index (χ2v) is 8.07. The van der Waals surface area contributed by atoms with Crippen LogP contribution in [0, 0.1) is 10.1 Å². The minimum Gasteiger partial charge on any atom is -1.00 e. The highest BCUT2D eigenvalue weighted by Crippen LogP contribution is 2.45. The van der Waals surface area contributed by atoms with E-state index in [9.17, 15) is 10.1 Å². The third kappa shape index (κ3) is 8.55. The first-order valence-corrected chi connectivity index (χ1v) is 8.88. The highest BCUT2D eigenvalue weighted by atomic mass is 127. The topological polar surface area (TPSA) is 104 Å². The molecule has 150 valence electrons. The molecule has 0 aliphatic rings. The van der Waals surface area contributed by atoms with Gasteiger partial charge in [-0.2, -0.15) is 5.84 Å². The molecule has 4 N–H and O–H groups in total. The number of nitrogens with zero attached hydrogens (tertiary/aromatic N) is 2. The largest absolute Gasteiger partial charge is 1.00 e. The molecule has 0 heterocycles. The molecular weight excluding hydrogens is 597 g/mol. The lowest BCUT2D eigenvalue weighted by Gasteiger charge is -2.12. The van der Waals surface area contributed by atoms with Gasteiger partial charge >= 0.3 is 5.69 Å². The Morgan fingerprint density at radius 2 is 1.70 bits per heavy atom. The summed E-state index contributed by atoms with van der Waals surface area (Å²) in [5, 5.41) is 11.7. The Morgan fingerprint density at radius 3 is 2.19 bits per heavy atom. The minimum absolute atomic E-state index is 0. The van der Waals surface area contributed by atoms with Gasteiger partial charge in [0.15, 0.2) is 0 Å². The molecule has 0 spiro atoms. The van der Waals surface area contributed by atoms with Gasteiger partial charge in [-0.05, 0) is 34.1 Å². The van der Waals surface area contributed by atoms with E-state index < -0.39 is 10.6 Å². The van der Waals surface area contributed by atoms with Gasteiger partial charge in [0.2, 0.25) is 5.75 Å². The molecule has 2 aromatic rings. The van der Waals surface area contributed by atoms with Crippen LogP contribution in [0.15, 0.2) is 28.7 Å². The van der Waals surface area contributed by atoms with Crippen molar-refractivity contribution >= 4 is 62.1 Å². The van der Waals surface area contributed by atoms with Gasteiger partial charge in [-0.25, -0.2) is 0 Å². The molecule has 0 aliphatic heterocycles. The van der Waals surface area contributed by atoms with Crippen LogP contribution in [0.4, 0.5) is 11.4 Å². The third-order valence-corrected chi connectivity index (χ3v) is 4.23. The first kappa shape index (κ1) is 26.4. The van der Waals surface area contributed by atoms with E-state index in [2.05, 4.69) is 15.9 Å². The van der Waals surface area contributed by atoms with Crippen LogP contribution in [0.5, 0.6) is 11.5 Å². The maximum absolute atomic E-state index is 11.1. The normalized spacial score (nSPS) is 10.4. The molecule has 12 heteroatoms. The number of nitrogen functional groups attached to an aromatic ring is 1. The summed E-state index contributed by atoms with van der Waals surface area (Å²) in [7, 11) is 5.71. The average molecular weight is 614 g/mol. The lowest BCUT2D eigenvalue weighted by molar-refractivity contribution is -0.882. The Morgan fingerprint density at radius 1 is 1.19 bits per heavy atom. The molecule has 0 saturated carbocycles. The molecule has 0 fully saturated rings. The first-order valence-electron chi connectivity index (χ1n) is 6.96. The van der Waals surface area contributed by atoms with E-state index in [4.69, 9.17) is 51.1 Å². The molecule has 0 aromatic heterocycles. The minimum atomic E-state index is -0.677. The molecule has 2 rings (SSSR count). The zero-order valence-corrected chi connectivity index (χ0v) is 20.5. The summed E-state index contributed by atoms with van der Waals surface area (Å²) in [6.45, 7) is 0. The molecule has 7 nitrogen and oxygen atoms in total. The Hall–Kier alpha value is -0.560. The van der Waals surface area contributed by atoms with Crippen molar-refractivity contribution in [1.29, 1.82) is 0 Å². The highest BCUT2D eigenvalue weighted by Gasteiger charge is 2.24. The number of anilines is 1. The highest BCUT2D eigenvalue weighted by molar-refractivity contribution is 9.10. The molecule has 0 saturated heterocycles. The number of nitro benzene ring substituents is 1. The van der Waals surface area contributed by atoms with Crippen molar-refractivity contribution in [2.24, 2.45) is 5.84 Å². The molecule has 0 radical (unpaired) electrons. The van der Waals surface area contributed by atoms with E-state index in [1.54, 1.807) is 6.07 Å². The van der Waals surface area contributed by atoms with Crippen molar-refractivity contribution in [2.45, 2.75) is 0 Å². The fraction of sp³-hybridized carbons (Fsp3) is 0.200. The Labute approximate surface area is 197 Å². The molecule has 0 unspecified atom stereocenters. The summed E-state index contributed by atoms with van der Waals surface area (Å²) in [6, 6.07) is 5.69. The van der Waals surface area contributed by atoms with Gasteiger partial charge in [0.1, 0.15) is 11.4 Å². The number of nitro groups is 1. The molecular formula is C15H17BrCl3IN4O3. The number of quaternary nitrogens is 1. The van der Waals surface area contributed by atoms with Crippen molar-refractivity contribution in [1.82, 2.24) is 0 Å². The van der Waals surface area contributed by atoms with Crippen LogP contribution in [0.3, 0.4) is 0 Å². The van der Waals surface area contributed by atoms with E-state index in [1.807, 2.05) is 21.1 Å². The quantitative estimate of drug-likeness (QED) is 0.105. The molecule has 0 amide bonds. The number of nitrogens with two attached hydrogens (primary N) is 2. The summed E-state index contributed by atoms with van der Waals surface area (Å²) >= 11 is 21.1. The van der Waals surface area contributed by atoms with E-state index in [1.165, 1.54) is 18.2 Å². The van der Waals surface area contributed by atoms with E-state index >= 15 is 0 Å². The number of halogens is 5. The van der Waals surface area contributed by atoms with Crippen LogP contribution < -0.4 is 40.3 Å². The molecule has 0 aliphatic carbocycles. The van der Waals surface area contributed by atoms with Gasteiger partial charge in [-0.15, -0.1) is 0 Å². The number of hydrogen-bond donors (Lipinski definition) is 2. The van der Waals surface area contributed by atoms with Crippen LogP contribution in [-0.4, -0.2) is 30.7 Å². The maximum atomic E-state index is 11.1. The van der Waals surface area contributed by atoms with Crippen molar-refractivity contribution in [3.63, 3.8) is 0 Å². The van der Waals surface area contributed by atoms with Gasteiger partial charge in [-0.1, -0.05) is 34.8 Å². The predicted octanol–water partition coefficient (Wildman–Crippen LogP) is 2.26. The number of benzene rings is 2. The van der Waals surface area contributed by atoms with E-state index in [0.29, 0.717) is 14.1 Å². The van der Waals surface area contributed by atoms with Gasteiger partial charge in [0.25, 0.3) is 0 Å². The van der Waals surface area contributed by atoms with E-state index in [0.717, 1.165) is 0 Å². The molecule has 0 atom stereocenters. The van der Waals surface area contributed by atoms with Crippen molar-refractivity contribution in [3.8, 4) is 11.5 Å². The number of hydrogen-bond acceptors (Lipinski definition) is 5. The third-order valence-electron chi connectivity index (χ3n) is 2.47. The van der Waals surface area contributed by atoms with Crippen LogP contribution in [0.2, 0.25) is 15.1 Å². The lowest BCUT2D eigenvalue weighted by Crippen LogP contribution is -3.00. The maximum Gasteiger partial charge on any atom is 0.335 e. The number of rotatable bonds is 3. The fourth-order valence-corrected chi connectivity index (χ4v) is 2.68. The summed E-state index contributed by atoms with van der Waals surface area (Å²) in [5.74, 6) is 5.21. The van der Waals surface area contributed by atoms with Crippen molar-refractivity contribution < 1.29 is 38.2 Å². The van der Waals surface area contributed by atoms with Gasteiger partial charge in [0, 0.05) is 15.6 Å². The van der Waals surface area contributed by atoms with Crippen LogP contribution in [0.1, 0.15) is 0 Å². The van der Waals surface area contributed by atoms with Gasteiger partial charge in [-0.3, -0.25) is 14.7 Å². The van der Waals surface area contributed by atoms with Crippen molar-refractivity contribution in [2.75, 3.05) is 26.9 Å². The van der Waals surface area contributed by atoms with Crippen LogP contribution >= 0.6 is 50.7 Å². The summed E-state index contributed by atoms with van der Waals surface area (Å²) in [6.07, 6.45) is 0. The summed E-state index contributed by atoms with van der Waals surface area (Å²) in [4.78, 5) is 10.4. The summed E-state index contributed by atoms with van der Waals surface area (Å²) in [5.41, 5.74) is 5.09. The fourth-order valence-electron chi connectivity index (χ4n) is 1.56. The second-order valence-electron chi connectivity index (χ2n) is 5.99. The monoisotopic (exact) mass is 612 g/mol. The molecule has 2 aromatic carbocycles. The van der Waals surface area contributed by atoms with E-state index in [-0.39, 0.29) is 51.2 Å². The first-order chi connectivity index (χ1) is 11.8. The SMILES string of the molecule is C[N+](C)(C)N.Nc1ccc(Cl)c(Oc2cc(Cl)cc(Br)c2Cl)c1[N+](=O)[O-].[I-]. The Bertz CT molecular complexity index is 829. The van der Waals surface area contributed by atoms with Crippen LogP contribution in [-0.2, 0) is 0 Å². The smallest absolute Gasteiger partial charge is 0.335 e. The molecule has 0 bridgehead atoms. The lowest BCUT2D eigenvalue weighted by atomic mass is 10.2. The van der Waals surface area contributed by atoms with Crippen LogP contribution in [0.25, 0.3) is 0 Å². The average Bonchev–Trinajstić information content (AvgIpc) is 2.45. The van der Waals surface area contributed by atoms with Gasteiger partial charge < -0.3 is 34.4 Å². The Balaban J connectivity index is 0.00000100. The Kier molecular flexibility index (Phi) is 10.6. The summed E-state index contributed by atoms with van der Waals surface area (Å²) < 4.78 is 6.46. The zero-order valence-electron chi connectivity index (χ0n) is 14.5. The number of ether oxygens (including phenoxy) is 1. The predicted molar refractivity (Wildman–Crippen MR) is 109 cm³/mol.